The van der Waals surface area contributed by atoms with Gasteiger partial charge in [0.25, 0.3) is 0 Å². The normalized spacial score (nSPS) is 20.9. The number of hydrogen-bond donors (Lipinski definition) is 3. The highest BCUT2D eigenvalue weighted by molar-refractivity contribution is 5.82. The molecule has 0 bridgehead atoms. The summed E-state index contributed by atoms with van der Waals surface area (Å²) in [7, 11) is 1.96. The predicted molar refractivity (Wildman–Crippen MR) is 154 cm³/mol. The molecule has 3 aromatic rings. The Hall–Kier alpha value is -3.43. The smallest absolute Gasteiger partial charge is 0.170 e. The Labute approximate surface area is 234 Å². The number of carbonyl (C=O) groups excluding carboxylic acids is 1. The fraction of sp³-hybridized carbons (Fsp3) is 0.452. The van der Waals surface area contributed by atoms with E-state index >= 15 is 0 Å². The lowest BCUT2D eigenvalue weighted by atomic mass is 9.72. The van der Waals surface area contributed by atoms with E-state index in [1.165, 1.54) is 24.5 Å². The Kier molecular flexibility index (Phi) is 9.48. The zero-order valence-corrected chi connectivity index (χ0v) is 23.6. The molecule has 1 aliphatic carbocycles. The van der Waals surface area contributed by atoms with Crippen LogP contribution in [0.25, 0.3) is 11.3 Å². The van der Waals surface area contributed by atoms with Gasteiger partial charge in [0, 0.05) is 36.8 Å². The summed E-state index contributed by atoms with van der Waals surface area (Å²) in [5.74, 6) is 0.874. The summed E-state index contributed by atoms with van der Waals surface area (Å²) in [5, 5.41) is 3.25. The molecule has 2 aliphatic rings. The summed E-state index contributed by atoms with van der Waals surface area (Å²) in [6.45, 7) is 7.42. The average Bonchev–Trinajstić information content (AvgIpc) is 2.88. The Balaban J connectivity index is 0.000000189. The SMILES string of the molecule is CNc1cnccc1C1CC(N)CC(C(C)C)C1.Cc1cc(C2COC2)cc(F)c1-c1nc(C=O)c(N)cc1F. The summed E-state index contributed by atoms with van der Waals surface area (Å²) in [5.41, 5.74) is 15.3. The number of pyridine rings is 2. The van der Waals surface area contributed by atoms with E-state index in [4.69, 9.17) is 16.2 Å². The van der Waals surface area contributed by atoms with E-state index < -0.39 is 11.6 Å². The van der Waals surface area contributed by atoms with Gasteiger partial charge in [-0.3, -0.25) is 9.78 Å². The molecule has 1 aliphatic heterocycles. The van der Waals surface area contributed by atoms with Crippen molar-refractivity contribution in [2.75, 3.05) is 31.3 Å². The molecule has 5 N–H and O–H groups in total. The summed E-state index contributed by atoms with van der Waals surface area (Å²) >= 11 is 0. The van der Waals surface area contributed by atoms with Crippen LogP contribution in [-0.4, -0.2) is 42.6 Å². The van der Waals surface area contributed by atoms with Gasteiger partial charge in [-0.15, -0.1) is 0 Å². The molecule has 5 rings (SSSR count). The first-order valence-electron chi connectivity index (χ1n) is 13.8. The number of nitrogen functional groups attached to an aromatic ring is 1. The number of hydrogen-bond acceptors (Lipinski definition) is 7. The molecule has 2 fully saturated rings. The number of halogens is 2. The topological polar surface area (TPSA) is 116 Å². The third-order valence-corrected chi connectivity index (χ3v) is 8.09. The largest absolute Gasteiger partial charge is 0.397 e. The van der Waals surface area contributed by atoms with Gasteiger partial charge in [-0.1, -0.05) is 19.9 Å². The van der Waals surface area contributed by atoms with Crippen LogP contribution in [-0.2, 0) is 4.74 Å². The maximum Gasteiger partial charge on any atom is 0.170 e. The summed E-state index contributed by atoms with van der Waals surface area (Å²) in [6.07, 6.45) is 7.76. The number of nitrogens with one attached hydrogen (secondary N) is 1. The van der Waals surface area contributed by atoms with E-state index in [2.05, 4.69) is 35.2 Å². The van der Waals surface area contributed by atoms with Gasteiger partial charge in [0.15, 0.2) is 12.1 Å². The number of benzene rings is 1. The van der Waals surface area contributed by atoms with Crippen LogP contribution >= 0.6 is 0 Å². The predicted octanol–water partition coefficient (Wildman–Crippen LogP) is 5.83. The number of carbonyl (C=O) groups is 1. The Morgan fingerprint density at radius 3 is 2.45 bits per heavy atom. The van der Waals surface area contributed by atoms with E-state index in [-0.39, 0.29) is 28.6 Å². The van der Waals surface area contributed by atoms with Gasteiger partial charge in [0.05, 0.1) is 30.8 Å². The van der Waals surface area contributed by atoms with Crippen LogP contribution < -0.4 is 16.8 Å². The van der Waals surface area contributed by atoms with E-state index in [1.54, 1.807) is 13.0 Å². The van der Waals surface area contributed by atoms with Crippen molar-refractivity contribution in [1.82, 2.24) is 9.97 Å². The molecule has 3 heterocycles. The Morgan fingerprint density at radius 2 is 1.85 bits per heavy atom. The minimum Gasteiger partial charge on any atom is -0.397 e. The van der Waals surface area contributed by atoms with Gasteiger partial charge >= 0.3 is 0 Å². The molecule has 214 valence electrons. The summed E-state index contributed by atoms with van der Waals surface area (Å²) in [6, 6.07) is 6.64. The summed E-state index contributed by atoms with van der Waals surface area (Å²) in [4.78, 5) is 19.0. The number of nitrogens with two attached hydrogens (primary N) is 2. The lowest BCUT2D eigenvalue weighted by Crippen LogP contribution is -2.34. The lowest BCUT2D eigenvalue weighted by Gasteiger charge is -2.36. The van der Waals surface area contributed by atoms with Crippen molar-refractivity contribution in [3.63, 3.8) is 0 Å². The van der Waals surface area contributed by atoms with Crippen molar-refractivity contribution in [3.05, 3.63) is 70.7 Å². The molecule has 7 nitrogen and oxygen atoms in total. The highest BCUT2D eigenvalue weighted by Crippen LogP contribution is 2.41. The van der Waals surface area contributed by atoms with Crippen molar-refractivity contribution in [1.29, 1.82) is 0 Å². The molecular formula is C31H39F2N5O2. The van der Waals surface area contributed by atoms with E-state index in [9.17, 15) is 13.6 Å². The number of anilines is 2. The first-order chi connectivity index (χ1) is 19.1. The Morgan fingerprint density at radius 1 is 1.10 bits per heavy atom. The molecule has 3 atom stereocenters. The molecule has 1 aromatic carbocycles. The second kappa shape index (κ2) is 12.8. The van der Waals surface area contributed by atoms with E-state index in [1.807, 2.05) is 19.4 Å². The van der Waals surface area contributed by atoms with Crippen LogP contribution in [0.1, 0.15) is 72.1 Å². The van der Waals surface area contributed by atoms with Crippen LogP contribution in [0.15, 0.2) is 36.7 Å². The highest BCUT2D eigenvalue weighted by Gasteiger charge is 2.30. The number of aldehydes is 1. The second-order valence-electron chi connectivity index (χ2n) is 11.2. The fourth-order valence-electron chi connectivity index (χ4n) is 5.70. The first kappa shape index (κ1) is 29.6. The molecule has 0 amide bonds. The molecule has 2 aromatic heterocycles. The maximum absolute atomic E-state index is 14.5. The monoisotopic (exact) mass is 551 g/mol. The minimum absolute atomic E-state index is 0.0459. The fourth-order valence-corrected chi connectivity index (χ4v) is 5.70. The molecule has 1 saturated heterocycles. The standard InChI is InChI=1S/C16H14F2N2O2.C15H25N3/c1-8-2-9(10-6-22-7-10)3-11(17)15(8)16-12(18)4-13(19)14(5-21)20-16;1-10(2)11-6-12(8-13(16)7-11)14-4-5-18-9-15(14)17-3/h2-5,10H,6-7,19H2,1H3;4-5,9-13,17H,6-8,16H2,1-3H3. The zero-order valence-electron chi connectivity index (χ0n) is 23.6. The van der Waals surface area contributed by atoms with Gasteiger partial charge in [-0.25, -0.2) is 13.8 Å². The maximum atomic E-state index is 14.5. The Bertz CT molecular complexity index is 1320. The summed E-state index contributed by atoms with van der Waals surface area (Å²) < 4.78 is 33.7. The highest BCUT2D eigenvalue weighted by atomic mass is 19.1. The molecule has 3 unspecified atom stereocenters. The van der Waals surface area contributed by atoms with Gasteiger partial charge in [0.2, 0.25) is 0 Å². The van der Waals surface area contributed by atoms with Gasteiger partial charge < -0.3 is 21.5 Å². The van der Waals surface area contributed by atoms with E-state index in [0.717, 1.165) is 35.6 Å². The minimum atomic E-state index is -0.759. The van der Waals surface area contributed by atoms with Crippen LogP contribution in [0.3, 0.4) is 0 Å². The number of rotatable bonds is 6. The van der Waals surface area contributed by atoms with Gasteiger partial charge in [0.1, 0.15) is 17.2 Å². The van der Waals surface area contributed by atoms with Crippen LogP contribution in [0.5, 0.6) is 0 Å². The lowest BCUT2D eigenvalue weighted by molar-refractivity contribution is 0.00831. The van der Waals surface area contributed by atoms with Gasteiger partial charge in [-0.2, -0.15) is 0 Å². The van der Waals surface area contributed by atoms with Crippen LogP contribution in [0.4, 0.5) is 20.2 Å². The number of aryl methyl sites for hydroxylation is 1. The molecule has 1 saturated carbocycles. The van der Waals surface area contributed by atoms with Crippen LogP contribution in [0.2, 0.25) is 0 Å². The van der Waals surface area contributed by atoms with Gasteiger partial charge in [-0.05, 0) is 72.8 Å². The van der Waals surface area contributed by atoms with E-state index in [0.29, 0.717) is 37.0 Å². The second-order valence-corrected chi connectivity index (χ2v) is 11.2. The first-order valence-corrected chi connectivity index (χ1v) is 13.8. The third-order valence-electron chi connectivity index (χ3n) is 8.09. The third kappa shape index (κ3) is 6.47. The quantitative estimate of drug-likeness (QED) is 0.330. The van der Waals surface area contributed by atoms with Crippen molar-refractivity contribution in [2.24, 2.45) is 17.6 Å². The average molecular weight is 552 g/mol. The van der Waals surface area contributed by atoms with Crippen molar-refractivity contribution < 1.29 is 18.3 Å². The number of ether oxygens (including phenoxy) is 1. The number of nitrogens with zero attached hydrogens (tertiary/aromatic N) is 2. The number of aromatic nitrogens is 2. The van der Waals surface area contributed by atoms with Crippen LogP contribution in [0, 0.1) is 30.4 Å². The molecular weight excluding hydrogens is 512 g/mol. The zero-order chi connectivity index (χ0) is 29.0. The molecule has 40 heavy (non-hydrogen) atoms. The molecule has 0 spiro atoms. The van der Waals surface area contributed by atoms with Crippen molar-refractivity contribution in [2.45, 2.75) is 57.9 Å². The van der Waals surface area contributed by atoms with Crippen molar-refractivity contribution >= 4 is 17.7 Å². The van der Waals surface area contributed by atoms with Crippen molar-refractivity contribution in [3.8, 4) is 11.3 Å². The molecule has 0 radical (unpaired) electrons. The molecule has 9 heteroatoms.